The van der Waals surface area contributed by atoms with Gasteiger partial charge in [-0.25, -0.2) is 8.42 Å². The number of carbonyl (C=O) groups excluding carboxylic acids is 1. The van der Waals surface area contributed by atoms with E-state index in [1.165, 1.54) is 6.07 Å². The van der Waals surface area contributed by atoms with E-state index in [4.69, 9.17) is 11.5 Å². The summed E-state index contributed by atoms with van der Waals surface area (Å²) in [5.41, 5.74) is 11.1. The minimum atomic E-state index is -3.49. The number of hydrogen-bond donors (Lipinski definition) is 2. The van der Waals surface area contributed by atoms with Gasteiger partial charge in [0, 0.05) is 10.7 Å². The Bertz CT molecular complexity index is 680. The van der Waals surface area contributed by atoms with E-state index in [2.05, 4.69) is 20.9 Å². The fourth-order valence-corrected chi connectivity index (χ4v) is 4.42. The van der Waals surface area contributed by atoms with E-state index in [9.17, 15) is 13.2 Å². The first-order valence-corrected chi connectivity index (χ1v) is 9.02. The van der Waals surface area contributed by atoms with Crippen LogP contribution in [0.5, 0.6) is 0 Å². The van der Waals surface area contributed by atoms with Crippen molar-refractivity contribution in [2.75, 3.05) is 6.26 Å². The van der Waals surface area contributed by atoms with E-state index in [0.717, 1.165) is 19.1 Å². The second kappa shape index (κ2) is 7.04. The molecule has 1 rings (SSSR count). The topological polar surface area (TPSA) is 116 Å². The number of unbranched alkanes of at least 4 members (excludes halogenated alkanes) is 1. The molecule has 0 aromatic heterocycles. The normalized spacial score (nSPS) is 11.2. The van der Waals surface area contributed by atoms with Gasteiger partial charge in [-0.1, -0.05) is 19.4 Å². The fraction of sp³-hybridized carbons (Fsp3) is 0.385. The number of rotatable bonds is 5. The van der Waals surface area contributed by atoms with Gasteiger partial charge in [0.15, 0.2) is 15.8 Å². The molecule has 1 aromatic rings. The van der Waals surface area contributed by atoms with Crippen molar-refractivity contribution in [3.8, 4) is 0 Å². The Hall–Kier alpha value is -1.41. The van der Waals surface area contributed by atoms with Gasteiger partial charge in [-0.05, 0) is 40.4 Å². The number of carbonyl (C=O) groups is 1. The van der Waals surface area contributed by atoms with Gasteiger partial charge in [0.25, 0.3) is 5.91 Å². The zero-order valence-corrected chi connectivity index (χ0v) is 14.3. The number of guanidine groups is 1. The summed E-state index contributed by atoms with van der Waals surface area (Å²) in [6, 6.07) is 3.16. The molecule has 8 heteroatoms. The Labute approximate surface area is 132 Å². The molecule has 0 aliphatic rings. The van der Waals surface area contributed by atoms with Gasteiger partial charge in [0.05, 0.1) is 10.5 Å². The molecule has 0 spiro atoms. The van der Waals surface area contributed by atoms with Crippen LogP contribution in [0.3, 0.4) is 0 Å². The lowest BCUT2D eigenvalue weighted by Crippen LogP contribution is -2.24. The van der Waals surface area contributed by atoms with Crippen molar-refractivity contribution < 1.29 is 13.2 Å². The van der Waals surface area contributed by atoms with E-state index in [0.29, 0.717) is 12.0 Å². The number of aryl methyl sites for hydroxylation is 1. The molecule has 21 heavy (non-hydrogen) atoms. The predicted molar refractivity (Wildman–Crippen MR) is 86.0 cm³/mol. The van der Waals surface area contributed by atoms with Gasteiger partial charge in [-0.3, -0.25) is 4.79 Å². The van der Waals surface area contributed by atoms with Crippen molar-refractivity contribution in [1.82, 2.24) is 0 Å². The van der Waals surface area contributed by atoms with Crippen molar-refractivity contribution >= 4 is 37.6 Å². The van der Waals surface area contributed by atoms with Crippen molar-refractivity contribution in [2.45, 2.75) is 31.1 Å². The molecule has 0 bridgehead atoms. The van der Waals surface area contributed by atoms with Gasteiger partial charge >= 0.3 is 0 Å². The summed E-state index contributed by atoms with van der Waals surface area (Å²) in [7, 11) is -3.49. The molecular formula is C13H18BrN3O3S. The Kier molecular flexibility index (Phi) is 5.91. The first kappa shape index (κ1) is 17.6. The van der Waals surface area contributed by atoms with Crippen molar-refractivity contribution in [3.05, 3.63) is 27.7 Å². The van der Waals surface area contributed by atoms with Crippen LogP contribution in [0.25, 0.3) is 0 Å². The van der Waals surface area contributed by atoms with E-state index in [1.807, 2.05) is 6.92 Å². The zero-order chi connectivity index (χ0) is 16.2. The molecule has 0 radical (unpaired) electrons. The number of aliphatic imine (C=N–C) groups is 1. The maximum atomic E-state index is 12.0. The summed E-state index contributed by atoms with van der Waals surface area (Å²) in [5.74, 6) is -1.06. The van der Waals surface area contributed by atoms with Crippen molar-refractivity contribution in [1.29, 1.82) is 0 Å². The molecule has 1 amide bonds. The minimum absolute atomic E-state index is 0.115. The molecule has 0 saturated heterocycles. The van der Waals surface area contributed by atoms with Gasteiger partial charge in [-0.2, -0.15) is 4.99 Å². The van der Waals surface area contributed by atoms with Crippen molar-refractivity contribution in [2.24, 2.45) is 16.5 Å². The number of nitrogens with zero attached hydrogens (tertiary/aromatic N) is 1. The molecule has 4 N–H and O–H groups in total. The number of hydrogen-bond acceptors (Lipinski definition) is 3. The highest BCUT2D eigenvalue weighted by molar-refractivity contribution is 9.10. The van der Waals surface area contributed by atoms with E-state index < -0.39 is 15.7 Å². The maximum Gasteiger partial charge on any atom is 0.281 e. The van der Waals surface area contributed by atoms with Crippen molar-refractivity contribution in [3.63, 3.8) is 0 Å². The van der Waals surface area contributed by atoms with Crippen LogP contribution in [0.2, 0.25) is 0 Å². The second-order valence-electron chi connectivity index (χ2n) is 4.63. The summed E-state index contributed by atoms with van der Waals surface area (Å²) in [5, 5.41) is 0. The average Bonchev–Trinajstić information content (AvgIpc) is 2.33. The van der Waals surface area contributed by atoms with Crippen LogP contribution >= 0.6 is 15.9 Å². The third kappa shape index (κ3) is 4.53. The molecule has 1 aromatic carbocycles. The highest BCUT2D eigenvalue weighted by atomic mass is 79.9. The average molecular weight is 376 g/mol. The molecule has 0 atom stereocenters. The number of benzene rings is 1. The molecule has 0 aliphatic carbocycles. The molecule has 0 fully saturated rings. The highest BCUT2D eigenvalue weighted by Crippen LogP contribution is 2.31. The molecule has 0 heterocycles. The minimum Gasteiger partial charge on any atom is -0.370 e. The van der Waals surface area contributed by atoms with Crippen LogP contribution in [0, 0.1) is 0 Å². The standard InChI is InChI=1S/C13H18BrN3O3S/c1-3-4-5-8-6-7-9(12(18)17-13(15)16)10(14)11(8)21(2,19)20/h6-7H,3-5H2,1-2H3,(H4,15,16,17,18). The third-order valence-corrected chi connectivity index (χ3v) is 5.10. The van der Waals surface area contributed by atoms with Gasteiger partial charge in [0.1, 0.15) is 0 Å². The quantitative estimate of drug-likeness (QED) is 0.598. The van der Waals surface area contributed by atoms with Crippen LogP contribution in [0.15, 0.2) is 26.5 Å². The lowest BCUT2D eigenvalue weighted by atomic mass is 10.1. The second-order valence-corrected chi connectivity index (χ2v) is 7.38. The first-order chi connectivity index (χ1) is 9.68. The summed E-state index contributed by atoms with van der Waals surface area (Å²) in [6.45, 7) is 2.02. The molecule has 0 saturated carbocycles. The molecule has 0 aliphatic heterocycles. The van der Waals surface area contributed by atoms with Crippen LogP contribution in [-0.2, 0) is 16.3 Å². The number of nitrogens with two attached hydrogens (primary N) is 2. The Morgan fingerprint density at radius 3 is 2.43 bits per heavy atom. The fourth-order valence-electron chi connectivity index (χ4n) is 1.90. The summed E-state index contributed by atoms with van der Waals surface area (Å²) in [4.78, 5) is 15.5. The van der Waals surface area contributed by atoms with Gasteiger partial charge in [0.2, 0.25) is 0 Å². The number of amides is 1. The SMILES string of the molecule is CCCCc1ccc(C(=O)N=C(N)N)c(Br)c1S(C)(=O)=O. The van der Waals surface area contributed by atoms with E-state index >= 15 is 0 Å². The summed E-state index contributed by atoms with van der Waals surface area (Å²) < 4.78 is 24.2. The van der Waals surface area contributed by atoms with Crippen LogP contribution < -0.4 is 11.5 Å². The summed E-state index contributed by atoms with van der Waals surface area (Å²) >= 11 is 3.20. The monoisotopic (exact) mass is 375 g/mol. The molecular weight excluding hydrogens is 358 g/mol. The Morgan fingerprint density at radius 2 is 1.95 bits per heavy atom. The predicted octanol–water partition coefficient (Wildman–Crippen LogP) is 1.61. The lowest BCUT2D eigenvalue weighted by molar-refractivity contribution is 0.100. The largest absolute Gasteiger partial charge is 0.370 e. The zero-order valence-electron chi connectivity index (χ0n) is 11.9. The molecule has 6 nitrogen and oxygen atoms in total. The molecule has 0 unspecified atom stereocenters. The van der Waals surface area contributed by atoms with Gasteiger partial charge < -0.3 is 11.5 Å². The van der Waals surface area contributed by atoms with Gasteiger partial charge in [-0.15, -0.1) is 0 Å². The lowest BCUT2D eigenvalue weighted by Gasteiger charge is -2.12. The van der Waals surface area contributed by atoms with Crippen LogP contribution in [0.1, 0.15) is 35.7 Å². The van der Waals surface area contributed by atoms with Crippen LogP contribution in [-0.4, -0.2) is 26.5 Å². The first-order valence-electron chi connectivity index (χ1n) is 6.33. The third-order valence-electron chi connectivity index (χ3n) is 2.81. The highest BCUT2D eigenvalue weighted by Gasteiger charge is 2.22. The van der Waals surface area contributed by atoms with Crippen LogP contribution in [0.4, 0.5) is 0 Å². The number of halogens is 1. The number of sulfone groups is 1. The maximum absolute atomic E-state index is 12.0. The molecule has 116 valence electrons. The van der Waals surface area contributed by atoms with E-state index in [1.54, 1.807) is 6.07 Å². The summed E-state index contributed by atoms with van der Waals surface area (Å²) in [6.07, 6.45) is 3.53. The van der Waals surface area contributed by atoms with E-state index in [-0.39, 0.29) is 20.9 Å². The Balaban J connectivity index is 3.48. The smallest absolute Gasteiger partial charge is 0.281 e. The Morgan fingerprint density at radius 1 is 1.33 bits per heavy atom.